The van der Waals surface area contributed by atoms with E-state index in [1.165, 1.54) is 0 Å². The van der Waals surface area contributed by atoms with Crippen LogP contribution in [0.25, 0.3) is 0 Å². The standard InChI is InChI=1S/C19H32N4O2/c1-5-20-19(22(4)15-18(24)23(6-2)7-3)21-13-14-25-16-17-11-9-8-10-12-17/h8-12H,5-7,13-16H2,1-4H3,(H,20,21). The normalized spacial score (nSPS) is 11.3. The van der Waals surface area contributed by atoms with E-state index in [0.29, 0.717) is 26.3 Å². The molecule has 1 aromatic carbocycles. The Balaban J connectivity index is 2.45. The van der Waals surface area contributed by atoms with Crippen molar-refractivity contribution >= 4 is 11.9 Å². The smallest absolute Gasteiger partial charge is 0.242 e. The molecule has 6 heteroatoms. The van der Waals surface area contributed by atoms with E-state index in [0.717, 1.165) is 31.2 Å². The number of aliphatic imine (C=N–C) groups is 1. The second-order valence-electron chi connectivity index (χ2n) is 5.70. The fourth-order valence-electron chi connectivity index (χ4n) is 2.40. The topological polar surface area (TPSA) is 57.2 Å². The van der Waals surface area contributed by atoms with Crippen LogP contribution in [0, 0.1) is 0 Å². The third kappa shape index (κ3) is 8.03. The number of benzene rings is 1. The van der Waals surface area contributed by atoms with Gasteiger partial charge >= 0.3 is 0 Å². The summed E-state index contributed by atoms with van der Waals surface area (Å²) in [4.78, 5) is 20.5. The molecule has 0 bridgehead atoms. The number of nitrogens with zero attached hydrogens (tertiary/aromatic N) is 3. The van der Waals surface area contributed by atoms with E-state index in [2.05, 4.69) is 10.3 Å². The first-order chi connectivity index (χ1) is 12.1. The molecule has 0 aliphatic rings. The predicted octanol–water partition coefficient (Wildman–Crippen LogP) is 1.97. The van der Waals surface area contributed by atoms with Gasteiger partial charge in [0.2, 0.25) is 5.91 Å². The maximum absolute atomic E-state index is 12.2. The SMILES string of the molecule is CCNC(=NCCOCc1ccccc1)N(C)CC(=O)N(CC)CC. The third-order valence-corrected chi connectivity index (χ3v) is 3.79. The number of amides is 1. The highest BCUT2D eigenvalue weighted by Gasteiger charge is 2.14. The van der Waals surface area contributed by atoms with Gasteiger partial charge in [-0.25, -0.2) is 0 Å². The van der Waals surface area contributed by atoms with Crippen LogP contribution in [0.4, 0.5) is 0 Å². The summed E-state index contributed by atoms with van der Waals surface area (Å²) in [6.45, 7) is 10.2. The number of nitrogens with one attached hydrogen (secondary N) is 1. The summed E-state index contributed by atoms with van der Waals surface area (Å²) in [5, 5.41) is 3.22. The summed E-state index contributed by atoms with van der Waals surface area (Å²) in [6, 6.07) is 10.1. The largest absolute Gasteiger partial charge is 0.375 e. The van der Waals surface area contributed by atoms with Crippen molar-refractivity contribution in [3.63, 3.8) is 0 Å². The zero-order valence-electron chi connectivity index (χ0n) is 16.0. The highest BCUT2D eigenvalue weighted by molar-refractivity contribution is 5.86. The second-order valence-corrected chi connectivity index (χ2v) is 5.70. The molecule has 0 unspecified atom stereocenters. The predicted molar refractivity (Wildman–Crippen MR) is 103 cm³/mol. The summed E-state index contributed by atoms with van der Waals surface area (Å²) in [5.74, 6) is 0.838. The van der Waals surface area contributed by atoms with Gasteiger partial charge in [-0.15, -0.1) is 0 Å². The Kier molecular flexibility index (Phi) is 10.3. The van der Waals surface area contributed by atoms with Gasteiger partial charge in [0.15, 0.2) is 5.96 Å². The molecule has 140 valence electrons. The Morgan fingerprint density at radius 1 is 1.16 bits per heavy atom. The minimum absolute atomic E-state index is 0.110. The van der Waals surface area contributed by atoms with Crippen LogP contribution in [0.1, 0.15) is 26.3 Å². The average Bonchev–Trinajstić information content (AvgIpc) is 2.62. The van der Waals surface area contributed by atoms with Crippen molar-refractivity contribution in [3.05, 3.63) is 35.9 Å². The molecule has 0 aliphatic carbocycles. The van der Waals surface area contributed by atoms with E-state index in [1.54, 1.807) is 0 Å². The molecule has 0 aromatic heterocycles. The van der Waals surface area contributed by atoms with Gasteiger partial charge in [0, 0.05) is 26.7 Å². The average molecular weight is 348 g/mol. The molecule has 0 saturated heterocycles. The summed E-state index contributed by atoms with van der Waals surface area (Å²) in [7, 11) is 1.88. The van der Waals surface area contributed by atoms with E-state index < -0.39 is 0 Å². The van der Waals surface area contributed by atoms with Crippen molar-refractivity contribution in [2.45, 2.75) is 27.4 Å². The summed E-state index contributed by atoms with van der Waals surface area (Å²) in [6.07, 6.45) is 0. The van der Waals surface area contributed by atoms with E-state index in [4.69, 9.17) is 4.74 Å². The van der Waals surface area contributed by atoms with E-state index in [9.17, 15) is 4.79 Å². The zero-order chi connectivity index (χ0) is 18.5. The molecule has 1 aromatic rings. The van der Waals surface area contributed by atoms with Gasteiger partial charge < -0.3 is 19.9 Å². The van der Waals surface area contributed by atoms with Crippen LogP contribution in [0.5, 0.6) is 0 Å². The highest BCUT2D eigenvalue weighted by Crippen LogP contribution is 2.00. The third-order valence-electron chi connectivity index (χ3n) is 3.79. The van der Waals surface area contributed by atoms with Crippen molar-refractivity contribution < 1.29 is 9.53 Å². The number of carbonyl (C=O) groups excluding carboxylic acids is 1. The maximum atomic E-state index is 12.2. The molecular weight excluding hydrogens is 316 g/mol. The van der Waals surface area contributed by atoms with Crippen LogP contribution in [0.2, 0.25) is 0 Å². The number of hydrogen-bond donors (Lipinski definition) is 1. The summed E-state index contributed by atoms with van der Waals surface area (Å²) >= 11 is 0. The molecule has 0 fully saturated rings. The molecule has 6 nitrogen and oxygen atoms in total. The van der Waals surface area contributed by atoms with Crippen LogP contribution in [0.3, 0.4) is 0 Å². The molecule has 0 aliphatic heterocycles. The van der Waals surface area contributed by atoms with Crippen molar-refractivity contribution in [1.82, 2.24) is 15.1 Å². The van der Waals surface area contributed by atoms with Crippen molar-refractivity contribution in [2.24, 2.45) is 4.99 Å². The molecule has 0 atom stereocenters. The van der Waals surface area contributed by atoms with Gasteiger partial charge in [-0.05, 0) is 26.3 Å². The Morgan fingerprint density at radius 2 is 1.84 bits per heavy atom. The van der Waals surface area contributed by atoms with E-state index in [-0.39, 0.29) is 5.91 Å². The van der Waals surface area contributed by atoms with Crippen LogP contribution < -0.4 is 5.32 Å². The van der Waals surface area contributed by atoms with Gasteiger partial charge in [0.25, 0.3) is 0 Å². The minimum Gasteiger partial charge on any atom is -0.375 e. The fraction of sp³-hybridized carbons (Fsp3) is 0.579. The van der Waals surface area contributed by atoms with Crippen LogP contribution in [-0.2, 0) is 16.1 Å². The number of hydrogen-bond acceptors (Lipinski definition) is 3. The van der Waals surface area contributed by atoms with Gasteiger partial charge in [-0.1, -0.05) is 30.3 Å². The Labute approximate surface area is 151 Å². The molecule has 1 rings (SSSR count). The van der Waals surface area contributed by atoms with Gasteiger partial charge in [-0.2, -0.15) is 0 Å². The number of likely N-dealkylation sites (N-methyl/N-ethyl adjacent to an activating group) is 2. The quantitative estimate of drug-likeness (QED) is 0.399. The first-order valence-corrected chi connectivity index (χ1v) is 9.01. The van der Waals surface area contributed by atoms with Crippen molar-refractivity contribution in [3.8, 4) is 0 Å². The number of carbonyl (C=O) groups is 1. The first-order valence-electron chi connectivity index (χ1n) is 9.01. The van der Waals surface area contributed by atoms with Gasteiger partial charge in [0.05, 0.1) is 26.3 Å². The maximum Gasteiger partial charge on any atom is 0.242 e. The molecule has 25 heavy (non-hydrogen) atoms. The molecule has 0 heterocycles. The lowest BCUT2D eigenvalue weighted by molar-refractivity contribution is -0.131. The molecule has 0 radical (unpaired) electrons. The summed E-state index contributed by atoms with van der Waals surface area (Å²) < 4.78 is 5.65. The molecule has 0 saturated carbocycles. The Hall–Kier alpha value is -2.08. The Morgan fingerprint density at radius 3 is 2.44 bits per heavy atom. The second kappa shape index (κ2) is 12.3. The van der Waals surface area contributed by atoms with Crippen LogP contribution >= 0.6 is 0 Å². The fourth-order valence-corrected chi connectivity index (χ4v) is 2.40. The van der Waals surface area contributed by atoms with Gasteiger partial charge in [-0.3, -0.25) is 9.79 Å². The highest BCUT2D eigenvalue weighted by atomic mass is 16.5. The van der Waals surface area contributed by atoms with E-state index >= 15 is 0 Å². The lowest BCUT2D eigenvalue weighted by Crippen LogP contribution is -2.45. The Bertz CT molecular complexity index is 515. The molecule has 0 spiro atoms. The van der Waals surface area contributed by atoms with Gasteiger partial charge in [0.1, 0.15) is 0 Å². The number of ether oxygens (including phenoxy) is 1. The zero-order valence-corrected chi connectivity index (χ0v) is 16.0. The number of guanidine groups is 1. The molecule has 1 amide bonds. The number of rotatable bonds is 10. The van der Waals surface area contributed by atoms with E-state index in [1.807, 2.05) is 68.0 Å². The molecular formula is C19H32N4O2. The van der Waals surface area contributed by atoms with Crippen LogP contribution in [0.15, 0.2) is 35.3 Å². The minimum atomic E-state index is 0.110. The van der Waals surface area contributed by atoms with Crippen molar-refractivity contribution in [1.29, 1.82) is 0 Å². The molecule has 1 N–H and O–H groups in total. The summed E-state index contributed by atoms with van der Waals surface area (Å²) in [5.41, 5.74) is 1.15. The van der Waals surface area contributed by atoms with Crippen molar-refractivity contribution in [2.75, 3.05) is 46.4 Å². The first kappa shape index (κ1) is 21.0. The lowest BCUT2D eigenvalue weighted by atomic mass is 10.2. The lowest BCUT2D eigenvalue weighted by Gasteiger charge is -2.25. The monoisotopic (exact) mass is 348 g/mol. The van der Waals surface area contributed by atoms with Crippen LogP contribution in [-0.4, -0.2) is 68.0 Å².